The SMILES string of the molecule is O=C(CCn1cnc2ccccc21)NCC1COc2ccccc2O1. The third-order valence-corrected chi connectivity index (χ3v) is 4.20. The first kappa shape index (κ1) is 15.5. The molecule has 1 N–H and O–H groups in total. The first-order chi connectivity index (χ1) is 12.3. The number of aromatic nitrogens is 2. The van der Waals surface area contributed by atoms with Crippen LogP contribution in [0.2, 0.25) is 0 Å². The average Bonchev–Trinajstić information content (AvgIpc) is 3.08. The van der Waals surface area contributed by atoms with Crippen LogP contribution in [-0.4, -0.2) is 34.7 Å². The topological polar surface area (TPSA) is 65.4 Å². The van der Waals surface area contributed by atoms with Crippen molar-refractivity contribution in [2.75, 3.05) is 13.2 Å². The normalized spacial score (nSPS) is 15.9. The number of carbonyl (C=O) groups is 1. The van der Waals surface area contributed by atoms with Crippen molar-refractivity contribution in [3.05, 3.63) is 54.9 Å². The van der Waals surface area contributed by atoms with Gasteiger partial charge in [-0.2, -0.15) is 0 Å². The number of carbonyl (C=O) groups excluding carboxylic acids is 1. The molecular formula is C19H19N3O3. The molecule has 0 saturated carbocycles. The van der Waals surface area contributed by atoms with Crippen LogP contribution in [0.1, 0.15) is 6.42 Å². The molecule has 4 rings (SSSR count). The van der Waals surface area contributed by atoms with E-state index in [-0.39, 0.29) is 12.0 Å². The summed E-state index contributed by atoms with van der Waals surface area (Å²) in [4.78, 5) is 16.5. The third-order valence-electron chi connectivity index (χ3n) is 4.20. The maximum Gasteiger partial charge on any atom is 0.221 e. The summed E-state index contributed by atoms with van der Waals surface area (Å²) in [7, 11) is 0. The largest absolute Gasteiger partial charge is 0.486 e. The Labute approximate surface area is 145 Å². The lowest BCUT2D eigenvalue weighted by Crippen LogP contribution is -2.40. The van der Waals surface area contributed by atoms with Crippen LogP contribution >= 0.6 is 0 Å². The van der Waals surface area contributed by atoms with E-state index in [0.29, 0.717) is 26.1 Å². The number of aryl methyl sites for hydroxylation is 1. The quantitative estimate of drug-likeness (QED) is 0.776. The summed E-state index contributed by atoms with van der Waals surface area (Å²) in [5, 5.41) is 2.92. The van der Waals surface area contributed by atoms with Gasteiger partial charge in [-0.3, -0.25) is 4.79 Å². The van der Waals surface area contributed by atoms with Crippen LogP contribution in [0.15, 0.2) is 54.9 Å². The fourth-order valence-corrected chi connectivity index (χ4v) is 2.89. The number of nitrogens with zero attached hydrogens (tertiary/aromatic N) is 2. The van der Waals surface area contributed by atoms with Crippen molar-refractivity contribution in [1.29, 1.82) is 0 Å². The zero-order chi connectivity index (χ0) is 17.1. The van der Waals surface area contributed by atoms with E-state index < -0.39 is 0 Å². The average molecular weight is 337 g/mol. The van der Waals surface area contributed by atoms with Gasteiger partial charge in [0.1, 0.15) is 12.7 Å². The van der Waals surface area contributed by atoms with Gasteiger partial charge in [-0.1, -0.05) is 24.3 Å². The minimum absolute atomic E-state index is 0.0137. The number of benzene rings is 2. The summed E-state index contributed by atoms with van der Waals surface area (Å²) in [6.45, 7) is 1.46. The number of nitrogens with one attached hydrogen (secondary N) is 1. The molecule has 6 nitrogen and oxygen atoms in total. The molecule has 1 unspecified atom stereocenters. The fraction of sp³-hybridized carbons (Fsp3) is 0.263. The second-order valence-corrected chi connectivity index (χ2v) is 5.98. The van der Waals surface area contributed by atoms with E-state index in [4.69, 9.17) is 9.47 Å². The maximum absolute atomic E-state index is 12.1. The predicted octanol–water partition coefficient (Wildman–Crippen LogP) is 2.38. The Morgan fingerprint density at radius 3 is 2.88 bits per heavy atom. The Hall–Kier alpha value is -3.02. The molecule has 2 aromatic carbocycles. The van der Waals surface area contributed by atoms with Crippen LogP contribution in [0.4, 0.5) is 0 Å². The Balaban J connectivity index is 1.27. The minimum Gasteiger partial charge on any atom is -0.486 e. The molecule has 25 heavy (non-hydrogen) atoms. The lowest BCUT2D eigenvalue weighted by molar-refractivity contribution is -0.121. The third kappa shape index (κ3) is 3.42. The van der Waals surface area contributed by atoms with E-state index in [9.17, 15) is 4.79 Å². The van der Waals surface area contributed by atoms with Gasteiger partial charge >= 0.3 is 0 Å². The van der Waals surface area contributed by atoms with Crippen LogP contribution in [0.3, 0.4) is 0 Å². The van der Waals surface area contributed by atoms with E-state index in [1.54, 1.807) is 6.33 Å². The van der Waals surface area contributed by atoms with Gasteiger partial charge in [0, 0.05) is 13.0 Å². The van der Waals surface area contributed by atoms with Crippen LogP contribution in [0.25, 0.3) is 11.0 Å². The van der Waals surface area contributed by atoms with Gasteiger partial charge in [-0.25, -0.2) is 4.98 Å². The highest BCUT2D eigenvalue weighted by Gasteiger charge is 2.20. The summed E-state index contributed by atoms with van der Waals surface area (Å²) in [5.41, 5.74) is 1.98. The molecule has 2 heterocycles. The van der Waals surface area contributed by atoms with Crippen molar-refractivity contribution in [1.82, 2.24) is 14.9 Å². The second-order valence-electron chi connectivity index (χ2n) is 5.98. The molecule has 1 aliphatic heterocycles. The van der Waals surface area contributed by atoms with Gasteiger partial charge in [0.2, 0.25) is 5.91 Å². The number of hydrogen-bond acceptors (Lipinski definition) is 4. The number of fused-ring (bicyclic) bond motifs is 2. The Bertz CT molecular complexity index is 890. The second kappa shape index (κ2) is 6.84. The van der Waals surface area contributed by atoms with E-state index >= 15 is 0 Å². The maximum atomic E-state index is 12.1. The van der Waals surface area contributed by atoms with Crippen molar-refractivity contribution in [2.24, 2.45) is 0 Å². The summed E-state index contributed by atoms with van der Waals surface area (Å²) < 4.78 is 13.5. The molecular weight excluding hydrogens is 318 g/mol. The molecule has 0 aliphatic carbocycles. The smallest absolute Gasteiger partial charge is 0.221 e. The Kier molecular flexibility index (Phi) is 4.24. The first-order valence-electron chi connectivity index (χ1n) is 8.34. The molecule has 0 fully saturated rings. The molecule has 0 saturated heterocycles. The monoisotopic (exact) mass is 337 g/mol. The molecule has 0 spiro atoms. The first-order valence-corrected chi connectivity index (χ1v) is 8.34. The summed E-state index contributed by atoms with van der Waals surface area (Å²) in [6.07, 6.45) is 1.99. The molecule has 1 atom stereocenters. The Morgan fingerprint density at radius 1 is 1.16 bits per heavy atom. The number of rotatable bonds is 5. The van der Waals surface area contributed by atoms with Crippen LogP contribution in [-0.2, 0) is 11.3 Å². The molecule has 6 heteroatoms. The van der Waals surface area contributed by atoms with Crippen LogP contribution in [0.5, 0.6) is 11.5 Å². The number of hydrogen-bond donors (Lipinski definition) is 1. The number of ether oxygens (including phenoxy) is 2. The highest BCUT2D eigenvalue weighted by atomic mass is 16.6. The Morgan fingerprint density at radius 2 is 1.96 bits per heavy atom. The zero-order valence-corrected chi connectivity index (χ0v) is 13.7. The van der Waals surface area contributed by atoms with Crippen molar-refractivity contribution in [3.8, 4) is 11.5 Å². The minimum atomic E-state index is -0.173. The van der Waals surface area contributed by atoms with Gasteiger partial charge < -0.3 is 19.4 Å². The molecule has 3 aromatic rings. The van der Waals surface area contributed by atoms with E-state index in [2.05, 4.69) is 10.3 Å². The van der Waals surface area contributed by atoms with Crippen molar-refractivity contribution < 1.29 is 14.3 Å². The van der Waals surface area contributed by atoms with Crippen molar-refractivity contribution >= 4 is 16.9 Å². The van der Waals surface area contributed by atoms with E-state index in [1.807, 2.05) is 53.1 Å². The van der Waals surface area contributed by atoms with Gasteiger partial charge in [0.05, 0.1) is 23.9 Å². The predicted molar refractivity (Wildman–Crippen MR) is 93.7 cm³/mol. The molecule has 1 aliphatic rings. The number of para-hydroxylation sites is 4. The fourth-order valence-electron chi connectivity index (χ4n) is 2.89. The number of amides is 1. The highest BCUT2D eigenvalue weighted by Crippen LogP contribution is 2.30. The summed E-state index contributed by atoms with van der Waals surface area (Å²) in [5.74, 6) is 1.45. The van der Waals surface area contributed by atoms with Gasteiger partial charge in [-0.05, 0) is 24.3 Å². The number of imidazole rings is 1. The van der Waals surface area contributed by atoms with Crippen LogP contribution < -0.4 is 14.8 Å². The van der Waals surface area contributed by atoms with Gasteiger partial charge in [-0.15, -0.1) is 0 Å². The van der Waals surface area contributed by atoms with Gasteiger partial charge in [0.25, 0.3) is 0 Å². The summed E-state index contributed by atoms with van der Waals surface area (Å²) >= 11 is 0. The van der Waals surface area contributed by atoms with E-state index in [0.717, 1.165) is 22.5 Å². The standard InChI is InChI=1S/C19H19N3O3/c23-19(9-10-22-13-21-15-5-1-2-6-16(15)22)20-11-14-12-24-17-7-3-4-8-18(17)25-14/h1-8,13-14H,9-12H2,(H,20,23). The lowest BCUT2D eigenvalue weighted by atomic mass is 10.2. The highest BCUT2D eigenvalue weighted by molar-refractivity contribution is 5.77. The van der Waals surface area contributed by atoms with Crippen molar-refractivity contribution in [3.63, 3.8) is 0 Å². The molecule has 0 radical (unpaired) electrons. The van der Waals surface area contributed by atoms with E-state index in [1.165, 1.54) is 0 Å². The zero-order valence-electron chi connectivity index (χ0n) is 13.7. The lowest BCUT2D eigenvalue weighted by Gasteiger charge is -2.26. The van der Waals surface area contributed by atoms with Crippen molar-refractivity contribution in [2.45, 2.75) is 19.1 Å². The molecule has 0 bridgehead atoms. The molecule has 1 aromatic heterocycles. The van der Waals surface area contributed by atoms with Gasteiger partial charge in [0.15, 0.2) is 11.5 Å². The summed E-state index contributed by atoms with van der Waals surface area (Å²) in [6, 6.07) is 15.4. The molecule has 1 amide bonds. The van der Waals surface area contributed by atoms with Crippen LogP contribution in [0, 0.1) is 0 Å². The molecule has 128 valence electrons.